The molecular weight excluding hydrogens is 232 g/mol. The van der Waals surface area contributed by atoms with Gasteiger partial charge in [-0.15, -0.1) is 0 Å². The number of nitrogens with two attached hydrogens (primary N) is 1. The van der Waals surface area contributed by atoms with Crippen LogP contribution in [0.1, 0.15) is 25.8 Å². The molecule has 94 valence electrons. The first kappa shape index (κ1) is 13.9. The van der Waals surface area contributed by atoms with Gasteiger partial charge in [0.05, 0.1) is 5.60 Å². The van der Waals surface area contributed by atoms with Gasteiger partial charge in [0.2, 0.25) is 0 Å². The average Bonchev–Trinajstić information content (AvgIpc) is 2.25. The molecule has 0 heterocycles. The Balaban J connectivity index is 2.72. The molecule has 0 aliphatic rings. The number of nitrogens with zero attached hydrogens (tertiary/aromatic N) is 1. The van der Waals surface area contributed by atoms with E-state index in [1.165, 1.54) is 0 Å². The summed E-state index contributed by atoms with van der Waals surface area (Å²) in [7, 11) is 1.99. The topological polar surface area (TPSA) is 49.5 Å². The first-order valence-corrected chi connectivity index (χ1v) is 6.04. The van der Waals surface area contributed by atoms with Crippen LogP contribution >= 0.6 is 12.2 Å². The fourth-order valence-electron chi connectivity index (χ4n) is 1.47. The van der Waals surface area contributed by atoms with E-state index in [1.807, 2.05) is 45.2 Å². The van der Waals surface area contributed by atoms with Gasteiger partial charge in [-0.2, -0.15) is 0 Å². The lowest BCUT2D eigenvalue weighted by Crippen LogP contribution is -2.28. The Labute approximate surface area is 108 Å². The third-order valence-electron chi connectivity index (χ3n) is 2.63. The van der Waals surface area contributed by atoms with Gasteiger partial charge in [0, 0.05) is 24.8 Å². The van der Waals surface area contributed by atoms with Crippen LogP contribution in [0.5, 0.6) is 0 Å². The lowest BCUT2D eigenvalue weighted by atomic mass is 10.1. The maximum Gasteiger partial charge on any atom is 0.104 e. The molecule has 17 heavy (non-hydrogen) atoms. The van der Waals surface area contributed by atoms with Crippen molar-refractivity contribution < 1.29 is 5.11 Å². The molecular formula is C13H20N2OS. The van der Waals surface area contributed by atoms with E-state index in [-0.39, 0.29) is 0 Å². The Morgan fingerprint density at radius 3 is 2.65 bits per heavy atom. The van der Waals surface area contributed by atoms with Gasteiger partial charge in [-0.25, -0.2) is 0 Å². The molecule has 0 atom stereocenters. The first-order chi connectivity index (χ1) is 7.79. The van der Waals surface area contributed by atoms with Crippen LogP contribution in [0.15, 0.2) is 24.3 Å². The fourth-order valence-corrected chi connectivity index (χ4v) is 1.59. The number of anilines is 1. The molecule has 4 heteroatoms. The third kappa shape index (κ3) is 4.71. The molecule has 0 unspecified atom stereocenters. The van der Waals surface area contributed by atoms with Crippen LogP contribution < -0.4 is 10.6 Å². The Morgan fingerprint density at radius 2 is 2.12 bits per heavy atom. The van der Waals surface area contributed by atoms with Gasteiger partial charge in [-0.1, -0.05) is 24.4 Å². The molecule has 3 N–H and O–H groups in total. The predicted molar refractivity (Wildman–Crippen MR) is 76.5 cm³/mol. The second-order valence-electron chi connectivity index (χ2n) is 4.90. The van der Waals surface area contributed by atoms with Crippen LogP contribution in [0.4, 0.5) is 5.69 Å². The molecule has 1 aromatic rings. The fraction of sp³-hybridized carbons (Fsp3) is 0.462. The smallest absolute Gasteiger partial charge is 0.104 e. The molecule has 0 aliphatic carbocycles. The molecule has 0 bridgehead atoms. The molecule has 0 aliphatic heterocycles. The highest BCUT2D eigenvalue weighted by Crippen LogP contribution is 2.17. The molecule has 3 nitrogen and oxygen atoms in total. The van der Waals surface area contributed by atoms with E-state index in [2.05, 4.69) is 4.90 Å². The first-order valence-electron chi connectivity index (χ1n) is 5.63. The van der Waals surface area contributed by atoms with E-state index in [0.29, 0.717) is 11.4 Å². The van der Waals surface area contributed by atoms with Gasteiger partial charge < -0.3 is 15.7 Å². The van der Waals surface area contributed by atoms with Crippen molar-refractivity contribution in [2.45, 2.75) is 25.9 Å². The Kier molecular flexibility index (Phi) is 4.48. The molecule has 0 saturated heterocycles. The number of hydrogen-bond acceptors (Lipinski definition) is 3. The second-order valence-corrected chi connectivity index (χ2v) is 5.34. The van der Waals surface area contributed by atoms with Crippen LogP contribution in [0, 0.1) is 0 Å². The minimum atomic E-state index is -0.644. The van der Waals surface area contributed by atoms with E-state index in [4.69, 9.17) is 18.0 Å². The molecule has 1 aromatic carbocycles. The molecule has 0 spiro atoms. The molecule has 0 fully saturated rings. The van der Waals surface area contributed by atoms with Crippen LogP contribution in [-0.4, -0.2) is 29.3 Å². The lowest BCUT2D eigenvalue weighted by Gasteiger charge is -2.24. The van der Waals surface area contributed by atoms with Gasteiger partial charge >= 0.3 is 0 Å². The minimum Gasteiger partial charge on any atom is -0.390 e. The van der Waals surface area contributed by atoms with Crippen LogP contribution in [0.25, 0.3) is 0 Å². The summed E-state index contributed by atoms with van der Waals surface area (Å²) in [6, 6.07) is 7.80. The van der Waals surface area contributed by atoms with Crippen molar-refractivity contribution in [2.75, 3.05) is 18.5 Å². The predicted octanol–water partition coefficient (Wildman–Crippen LogP) is 1.92. The Bertz CT molecular complexity index is 399. The van der Waals surface area contributed by atoms with Crippen molar-refractivity contribution in [1.82, 2.24) is 0 Å². The zero-order valence-corrected chi connectivity index (χ0v) is 11.4. The normalized spacial score (nSPS) is 11.3. The van der Waals surface area contributed by atoms with Crippen LogP contribution in [0.2, 0.25) is 0 Å². The monoisotopic (exact) mass is 252 g/mol. The molecule has 0 radical (unpaired) electrons. The van der Waals surface area contributed by atoms with Crippen molar-refractivity contribution in [3.63, 3.8) is 0 Å². The number of aliphatic hydroxyl groups is 1. The summed E-state index contributed by atoms with van der Waals surface area (Å²) in [5.74, 6) is 0. The maximum absolute atomic E-state index is 9.69. The van der Waals surface area contributed by atoms with Gasteiger partial charge in [-0.3, -0.25) is 0 Å². The van der Waals surface area contributed by atoms with E-state index in [0.717, 1.165) is 17.8 Å². The summed E-state index contributed by atoms with van der Waals surface area (Å²) in [6.07, 6.45) is 0.709. The number of benzene rings is 1. The number of rotatable bonds is 5. The second kappa shape index (κ2) is 5.47. The number of thiocarbonyl (C=S) groups is 1. The van der Waals surface area contributed by atoms with E-state index in [1.54, 1.807) is 0 Å². The quantitative estimate of drug-likeness (QED) is 0.786. The van der Waals surface area contributed by atoms with Gasteiger partial charge in [-0.05, 0) is 32.4 Å². The summed E-state index contributed by atoms with van der Waals surface area (Å²) in [5.41, 5.74) is 6.88. The SMILES string of the molecule is CN(CCC(C)(C)O)c1cccc(C(N)=S)c1. The minimum absolute atomic E-state index is 0.405. The lowest BCUT2D eigenvalue weighted by molar-refractivity contribution is 0.0734. The molecule has 0 saturated carbocycles. The van der Waals surface area contributed by atoms with E-state index >= 15 is 0 Å². The molecule has 1 rings (SSSR count). The Morgan fingerprint density at radius 1 is 1.47 bits per heavy atom. The molecule has 0 aromatic heterocycles. The van der Waals surface area contributed by atoms with Gasteiger partial charge in [0.1, 0.15) is 4.99 Å². The summed E-state index contributed by atoms with van der Waals surface area (Å²) in [4.78, 5) is 2.49. The highest BCUT2D eigenvalue weighted by molar-refractivity contribution is 7.80. The highest BCUT2D eigenvalue weighted by atomic mass is 32.1. The summed E-state index contributed by atoms with van der Waals surface area (Å²) in [5, 5.41) is 9.69. The van der Waals surface area contributed by atoms with Crippen molar-refractivity contribution in [2.24, 2.45) is 5.73 Å². The van der Waals surface area contributed by atoms with Gasteiger partial charge in [0.25, 0.3) is 0 Å². The van der Waals surface area contributed by atoms with Crippen LogP contribution in [0.3, 0.4) is 0 Å². The Hall–Kier alpha value is -1.13. The third-order valence-corrected chi connectivity index (χ3v) is 2.87. The summed E-state index contributed by atoms with van der Waals surface area (Å²) >= 11 is 4.95. The summed E-state index contributed by atoms with van der Waals surface area (Å²) in [6.45, 7) is 4.41. The largest absolute Gasteiger partial charge is 0.390 e. The van der Waals surface area contributed by atoms with Gasteiger partial charge in [0.15, 0.2) is 0 Å². The van der Waals surface area contributed by atoms with Crippen LogP contribution in [-0.2, 0) is 0 Å². The van der Waals surface area contributed by atoms with E-state index < -0.39 is 5.60 Å². The standard InChI is InChI=1S/C13H20N2OS/c1-13(2,16)7-8-15(3)11-6-4-5-10(9-11)12(14)17/h4-6,9,16H,7-8H2,1-3H3,(H2,14,17). The number of hydrogen-bond donors (Lipinski definition) is 2. The zero-order chi connectivity index (χ0) is 13.1. The molecule has 0 amide bonds. The average molecular weight is 252 g/mol. The van der Waals surface area contributed by atoms with Crippen molar-refractivity contribution in [1.29, 1.82) is 0 Å². The van der Waals surface area contributed by atoms with Crippen molar-refractivity contribution in [3.8, 4) is 0 Å². The zero-order valence-electron chi connectivity index (χ0n) is 10.6. The van der Waals surface area contributed by atoms with Crippen molar-refractivity contribution in [3.05, 3.63) is 29.8 Å². The van der Waals surface area contributed by atoms with Crippen molar-refractivity contribution >= 4 is 22.9 Å². The highest BCUT2D eigenvalue weighted by Gasteiger charge is 2.13. The maximum atomic E-state index is 9.69. The van der Waals surface area contributed by atoms with E-state index in [9.17, 15) is 5.11 Å². The summed E-state index contributed by atoms with van der Waals surface area (Å²) < 4.78 is 0.